The van der Waals surface area contributed by atoms with Crippen molar-refractivity contribution in [2.45, 2.75) is 53.0 Å². The van der Waals surface area contributed by atoms with Gasteiger partial charge >= 0.3 is 0 Å². The van der Waals surface area contributed by atoms with E-state index in [1.54, 1.807) is 0 Å². The number of amides is 2. The molecule has 0 radical (unpaired) electrons. The van der Waals surface area contributed by atoms with E-state index in [1.807, 2.05) is 56.9 Å². The molecule has 2 amide bonds. The number of hydrogen-bond donors (Lipinski definition) is 1. The predicted octanol–water partition coefficient (Wildman–Crippen LogP) is 2.69. The summed E-state index contributed by atoms with van der Waals surface area (Å²) in [7, 11) is 0. The zero-order chi connectivity index (χ0) is 17.0. The number of aryl methyl sites for hydroxylation is 1. The average Bonchev–Trinajstić information content (AvgIpc) is 2.49. The first-order valence-electron chi connectivity index (χ1n) is 8.40. The van der Waals surface area contributed by atoms with Gasteiger partial charge in [0.15, 0.2) is 0 Å². The molecule has 1 heterocycles. The zero-order valence-electron chi connectivity index (χ0n) is 14.7. The summed E-state index contributed by atoms with van der Waals surface area (Å²) < 4.78 is 0. The van der Waals surface area contributed by atoms with E-state index in [-0.39, 0.29) is 23.3 Å². The Hall–Kier alpha value is -1.84. The lowest BCUT2D eigenvalue weighted by molar-refractivity contribution is -0.132. The van der Waals surface area contributed by atoms with Crippen molar-refractivity contribution in [1.82, 2.24) is 10.2 Å². The smallest absolute Gasteiger partial charge is 0.227 e. The number of nitrogens with zero attached hydrogens (tertiary/aromatic N) is 1. The summed E-state index contributed by atoms with van der Waals surface area (Å²) in [5.74, 6) is 0.266. The summed E-state index contributed by atoms with van der Waals surface area (Å²) in [4.78, 5) is 26.4. The maximum atomic E-state index is 12.4. The van der Waals surface area contributed by atoms with E-state index < -0.39 is 0 Å². The van der Waals surface area contributed by atoms with Crippen molar-refractivity contribution in [1.29, 1.82) is 0 Å². The third-order valence-electron chi connectivity index (χ3n) is 4.47. The van der Waals surface area contributed by atoms with Gasteiger partial charge in [0.25, 0.3) is 0 Å². The van der Waals surface area contributed by atoms with Crippen LogP contribution >= 0.6 is 0 Å². The molecule has 0 aliphatic carbocycles. The number of benzene rings is 1. The first-order chi connectivity index (χ1) is 10.8. The molecule has 1 aliphatic heterocycles. The van der Waals surface area contributed by atoms with E-state index in [1.165, 1.54) is 0 Å². The van der Waals surface area contributed by atoms with Gasteiger partial charge in [-0.25, -0.2) is 0 Å². The van der Waals surface area contributed by atoms with Crippen LogP contribution < -0.4 is 5.32 Å². The van der Waals surface area contributed by atoms with Crippen molar-refractivity contribution in [2.24, 2.45) is 5.41 Å². The molecule has 1 aromatic rings. The lowest BCUT2D eigenvalue weighted by atomic mass is 9.94. The molecule has 0 saturated carbocycles. The second-order valence-electron chi connectivity index (χ2n) is 7.48. The Morgan fingerprint density at radius 1 is 1.17 bits per heavy atom. The van der Waals surface area contributed by atoms with Crippen molar-refractivity contribution >= 4 is 11.8 Å². The summed E-state index contributed by atoms with van der Waals surface area (Å²) in [5.41, 5.74) is 1.89. The highest BCUT2D eigenvalue weighted by Crippen LogP contribution is 2.17. The molecule has 1 fully saturated rings. The third kappa shape index (κ3) is 4.81. The summed E-state index contributed by atoms with van der Waals surface area (Å²) in [5, 5.41) is 3.10. The molecule has 0 bridgehead atoms. The van der Waals surface area contributed by atoms with Gasteiger partial charge in [-0.05, 0) is 30.9 Å². The van der Waals surface area contributed by atoms with E-state index in [0.717, 1.165) is 37.1 Å². The van der Waals surface area contributed by atoms with Crippen LogP contribution in [0.5, 0.6) is 0 Å². The van der Waals surface area contributed by atoms with E-state index in [2.05, 4.69) is 5.32 Å². The number of piperidine rings is 1. The molecule has 1 saturated heterocycles. The van der Waals surface area contributed by atoms with Crippen LogP contribution in [-0.2, 0) is 16.0 Å². The Balaban J connectivity index is 1.83. The number of carbonyl (C=O) groups is 2. The van der Waals surface area contributed by atoms with Crippen LogP contribution in [0.2, 0.25) is 0 Å². The number of rotatable bonds is 3. The Morgan fingerprint density at radius 3 is 2.35 bits per heavy atom. The molecule has 0 unspecified atom stereocenters. The van der Waals surface area contributed by atoms with Crippen molar-refractivity contribution in [2.75, 3.05) is 13.1 Å². The molecule has 0 aromatic heterocycles. The van der Waals surface area contributed by atoms with E-state index >= 15 is 0 Å². The van der Waals surface area contributed by atoms with Crippen LogP contribution in [0.1, 0.15) is 44.7 Å². The molecule has 0 atom stereocenters. The first-order valence-corrected chi connectivity index (χ1v) is 8.40. The van der Waals surface area contributed by atoms with E-state index in [0.29, 0.717) is 6.42 Å². The van der Waals surface area contributed by atoms with Gasteiger partial charge in [-0.3, -0.25) is 9.59 Å². The molecule has 1 N–H and O–H groups in total. The van der Waals surface area contributed by atoms with Gasteiger partial charge in [0, 0.05) is 24.5 Å². The molecule has 1 aliphatic rings. The number of hydrogen-bond acceptors (Lipinski definition) is 2. The third-order valence-corrected chi connectivity index (χ3v) is 4.47. The van der Waals surface area contributed by atoms with E-state index in [4.69, 9.17) is 0 Å². The highest BCUT2D eigenvalue weighted by molar-refractivity contribution is 5.82. The van der Waals surface area contributed by atoms with Gasteiger partial charge in [-0.15, -0.1) is 0 Å². The van der Waals surface area contributed by atoms with Crippen molar-refractivity contribution in [3.63, 3.8) is 0 Å². The largest absolute Gasteiger partial charge is 0.353 e. The molecule has 126 valence electrons. The fourth-order valence-corrected chi connectivity index (χ4v) is 2.76. The number of carbonyl (C=O) groups excluding carboxylic acids is 2. The van der Waals surface area contributed by atoms with Gasteiger partial charge in [0.1, 0.15) is 0 Å². The highest BCUT2D eigenvalue weighted by Gasteiger charge is 2.27. The Kier molecular flexibility index (Phi) is 5.45. The van der Waals surface area contributed by atoms with Gasteiger partial charge in [0.2, 0.25) is 11.8 Å². The summed E-state index contributed by atoms with van der Waals surface area (Å²) >= 11 is 0. The van der Waals surface area contributed by atoms with Crippen LogP contribution in [0.4, 0.5) is 0 Å². The quantitative estimate of drug-likeness (QED) is 0.932. The van der Waals surface area contributed by atoms with Crippen LogP contribution in [0, 0.1) is 12.3 Å². The Labute approximate surface area is 139 Å². The maximum Gasteiger partial charge on any atom is 0.227 e. The standard InChI is InChI=1S/C19H28N2O2/c1-14-7-5-6-8-15(14)13-17(22)21-11-9-16(10-12-21)20-18(23)19(2,3)4/h5-8,16H,9-13H2,1-4H3,(H,20,23). The topological polar surface area (TPSA) is 49.4 Å². The van der Waals surface area contributed by atoms with Crippen molar-refractivity contribution < 1.29 is 9.59 Å². The van der Waals surface area contributed by atoms with Crippen molar-refractivity contribution in [3.8, 4) is 0 Å². The minimum atomic E-state index is -0.363. The summed E-state index contributed by atoms with van der Waals surface area (Å²) in [6.45, 7) is 9.24. The summed E-state index contributed by atoms with van der Waals surface area (Å²) in [6.07, 6.45) is 2.13. The lowest BCUT2D eigenvalue weighted by Crippen LogP contribution is -2.49. The number of likely N-dealkylation sites (tertiary alicyclic amines) is 1. The number of nitrogens with one attached hydrogen (secondary N) is 1. The van der Waals surface area contributed by atoms with Crippen LogP contribution in [0.3, 0.4) is 0 Å². The lowest BCUT2D eigenvalue weighted by Gasteiger charge is -2.34. The zero-order valence-corrected chi connectivity index (χ0v) is 14.7. The minimum absolute atomic E-state index is 0.0854. The maximum absolute atomic E-state index is 12.4. The fourth-order valence-electron chi connectivity index (χ4n) is 2.76. The van der Waals surface area contributed by atoms with E-state index in [9.17, 15) is 9.59 Å². The Morgan fingerprint density at radius 2 is 1.78 bits per heavy atom. The van der Waals surface area contributed by atoms with Gasteiger partial charge in [-0.2, -0.15) is 0 Å². The minimum Gasteiger partial charge on any atom is -0.353 e. The second kappa shape index (κ2) is 7.16. The second-order valence-corrected chi connectivity index (χ2v) is 7.48. The van der Waals surface area contributed by atoms with Crippen molar-refractivity contribution in [3.05, 3.63) is 35.4 Å². The Bertz CT molecular complexity index is 567. The molecule has 1 aromatic carbocycles. The molecular formula is C19H28N2O2. The molecular weight excluding hydrogens is 288 g/mol. The molecule has 4 heteroatoms. The predicted molar refractivity (Wildman–Crippen MR) is 92.1 cm³/mol. The van der Waals surface area contributed by atoms with Crippen LogP contribution in [-0.4, -0.2) is 35.8 Å². The van der Waals surface area contributed by atoms with Crippen LogP contribution in [0.25, 0.3) is 0 Å². The highest BCUT2D eigenvalue weighted by atomic mass is 16.2. The summed E-state index contributed by atoms with van der Waals surface area (Å²) in [6, 6.07) is 8.21. The molecule has 4 nitrogen and oxygen atoms in total. The van der Waals surface area contributed by atoms with Gasteiger partial charge < -0.3 is 10.2 Å². The molecule has 23 heavy (non-hydrogen) atoms. The van der Waals surface area contributed by atoms with Gasteiger partial charge in [-0.1, -0.05) is 45.0 Å². The monoisotopic (exact) mass is 316 g/mol. The SMILES string of the molecule is Cc1ccccc1CC(=O)N1CCC(NC(=O)C(C)(C)C)CC1. The average molecular weight is 316 g/mol. The fraction of sp³-hybridized carbons (Fsp3) is 0.579. The molecule has 2 rings (SSSR count). The normalized spacial score (nSPS) is 16.3. The first kappa shape index (κ1) is 17.5. The molecule has 0 spiro atoms. The van der Waals surface area contributed by atoms with Gasteiger partial charge in [0.05, 0.1) is 6.42 Å². The van der Waals surface area contributed by atoms with Crippen LogP contribution in [0.15, 0.2) is 24.3 Å².